The summed E-state index contributed by atoms with van der Waals surface area (Å²) in [6, 6.07) is 4.94. The summed E-state index contributed by atoms with van der Waals surface area (Å²) in [6.45, 7) is 5.61. The number of nitrogens with one attached hydrogen (secondary N) is 1. The van der Waals surface area contributed by atoms with E-state index < -0.39 is 6.09 Å². The molecule has 0 aromatic heterocycles. The topological polar surface area (TPSA) is 84.6 Å². The number of aliphatic hydroxyl groups is 1. The first-order valence-corrected chi connectivity index (χ1v) is 5.81. The lowest BCUT2D eigenvalue weighted by Crippen LogP contribution is -2.42. The van der Waals surface area contributed by atoms with Crippen LogP contribution in [0.25, 0.3) is 0 Å². The third-order valence-electron chi connectivity index (χ3n) is 2.18. The van der Waals surface area contributed by atoms with Crippen LogP contribution in [0, 0.1) is 0 Å². The molecule has 0 saturated heterocycles. The van der Waals surface area contributed by atoms with E-state index in [1.807, 2.05) is 20.8 Å². The molecule has 0 aliphatic carbocycles. The molecule has 1 aromatic rings. The number of hydrogen-bond acceptors (Lipinski definition) is 4. The van der Waals surface area contributed by atoms with Gasteiger partial charge in [-0.3, -0.25) is 0 Å². The van der Waals surface area contributed by atoms with E-state index in [9.17, 15) is 4.79 Å². The van der Waals surface area contributed by atoms with Crippen LogP contribution in [0.2, 0.25) is 0 Å². The number of rotatable bonds is 3. The predicted molar refractivity (Wildman–Crippen MR) is 70.6 cm³/mol. The molecule has 0 heterocycles. The van der Waals surface area contributed by atoms with E-state index in [-0.39, 0.29) is 12.1 Å². The Balaban J connectivity index is 2.73. The van der Waals surface area contributed by atoms with Crippen LogP contribution in [-0.2, 0) is 6.42 Å². The Hall–Kier alpha value is -1.75. The van der Waals surface area contributed by atoms with E-state index in [0.29, 0.717) is 17.9 Å². The molecule has 5 heteroatoms. The van der Waals surface area contributed by atoms with Crippen LogP contribution in [0.3, 0.4) is 0 Å². The molecular weight excluding hydrogens is 232 g/mol. The molecule has 1 rings (SSSR count). The highest BCUT2D eigenvalue weighted by Gasteiger charge is 2.15. The van der Waals surface area contributed by atoms with Crippen LogP contribution in [0.15, 0.2) is 18.2 Å². The lowest BCUT2D eigenvalue weighted by Gasteiger charge is -2.20. The van der Waals surface area contributed by atoms with Crippen molar-refractivity contribution < 1.29 is 14.6 Å². The average molecular weight is 252 g/mol. The van der Waals surface area contributed by atoms with Gasteiger partial charge in [-0.2, -0.15) is 0 Å². The molecule has 1 aromatic carbocycles. The molecule has 5 nitrogen and oxygen atoms in total. The van der Waals surface area contributed by atoms with Crippen LogP contribution in [0.4, 0.5) is 10.5 Å². The molecule has 18 heavy (non-hydrogen) atoms. The average Bonchev–Trinajstić information content (AvgIpc) is 2.20. The zero-order valence-electron chi connectivity index (χ0n) is 11.0. The zero-order valence-corrected chi connectivity index (χ0v) is 11.0. The van der Waals surface area contributed by atoms with Crippen molar-refractivity contribution in [2.45, 2.75) is 32.7 Å². The first kappa shape index (κ1) is 14.3. The van der Waals surface area contributed by atoms with Gasteiger partial charge in [0.15, 0.2) is 0 Å². The fourth-order valence-electron chi connectivity index (χ4n) is 1.42. The minimum Gasteiger partial charge on any atom is -0.410 e. The number of carbonyl (C=O) groups is 1. The van der Waals surface area contributed by atoms with Crippen molar-refractivity contribution in [2.75, 3.05) is 12.3 Å². The SMILES string of the molecule is CC(C)(C)NC(=O)Oc1ccc(N)c(CCO)c1. The summed E-state index contributed by atoms with van der Waals surface area (Å²) < 4.78 is 5.15. The minimum absolute atomic E-state index is 0.00183. The molecule has 0 atom stereocenters. The molecule has 0 aliphatic rings. The molecule has 0 aliphatic heterocycles. The summed E-state index contributed by atoms with van der Waals surface area (Å²) in [5.74, 6) is 0.411. The highest BCUT2D eigenvalue weighted by atomic mass is 16.6. The molecule has 0 spiro atoms. The second-order valence-electron chi connectivity index (χ2n) is 5.10. The van der Waals surface area contributed by atoms with Gasteiger partial charge in [0, 0.05) is 17.8 Å². The van der Waals surface area contributed by atoms with E-state index in [0.717, 1.165) is 5.56 Å². The number of anilines is 1. The molecule has 0 saturated carbocycles. The Morgan fingerprint density at radius 2 is 2.11 bits per heavy atom. The van der Waals surface area contributed by atoms with Crippen molar-refractivity contribution in [1.82, 2.24) is 5.32 Å². The maximum atomic E-state index is 11.6. The van der Waals surface area contributed by atoms with Crippen molar-refractivity contribution in [3.63, 3.8) is 0 Å². The summed E-state index contributed by atoms with van der Waals surface area (Å²) >= 11 is 0. The summed E-state index contributed by atoms with van der Waals surface area (Å²) in [6.07, 6.45) is -0.0774. The van der Waals surface area contributed by atoms with Gasteiger partial charge in [0.1, 0.15) is 5.75 Å². The van der Waals surface area contributed by atoms with Crippen LogP contribution in [0.1, 0.15) is 26.3 Å². The zero-order chi connectivity index (χ0) is 13.8. The normalized spacial score (nSPS) is 11.1. The Bertz CT molecular complexity index is 425. The lowest BCUT2D eigenvalue weighted by atomic mass is 10.1. The van der Waals surface area contributed by atoms with Gasteiger partial charge >= 0.3 is 6.09 Å². The number of amides is 1. The summed E-state index contributed by atoms with van der Waals surface area (Å²) in [7, 11) is 0. The number of benzene rings is 1. The molecule has 0 fully saturated rings. The van der Waals surface area contributed by atoms with Gasteiger partial charge in [-0.05, 0) is 51.0 Å². The number of carbonyl (C=O) groups excluding carboxylic acids is 1. The molecule has 0 bridgehead atoms. The smallest absolute Gasteiger partial charge is 0.410 e. The predicted octanol–water partition coefficient (Wildman–Crippen LogP) is 1.69. The second kappa shape index (κ2) is 5.73. The van der Waals surface area contributed by atoms with E-state index >= 15 is 0 Å². The summed E-state index contributed by atoms with van der Waals surface area (Å²) in [5, 5.41) is 11.6. The van der Waals surface area contributed by atoms with E-state index in [2.05, 4.69) is 5.32 Å². The number of hydrogen-bond donors (Lipinski definition) is 3. The highest BCUT2D eigenvalue weighted by Crippen LogP contribution is 2.20. The van der Waals surface area contributed by atoms with Crippen molar-refractivity contribution in [3.05, 3.63) is 23.8 Å². The monoisotopic (exact) mass is 252 g/mol. The Morgan fingerprint density at radius 3 is 2.67 bits per heavy atom. The van der Waals surface area contributed by atoms with Crippen LogP contribution in [0.5, 0.6) is 5.75 Å². The van der Waals surface area contributed by atoms with Crippen molar-refractivity contribution >= 4 is 11.8 Å². The standard InChI is InChI=1S/C13H20N2O3/c1-13(2,3)15-12(17)18-10-4-5-11(14)9(8-10)6-7-16/h4-5,8,16H,6-7,14H2,1-3H3,(H,15,17). The van der Waals surface area contributed by atoms with Crippen LogP contribution in [-0.4, -0.2) is 23.3 Å². The van der Waals surface area contributed by atoms with E-state index in [1.165, 1.54) is 0 Å². The molecule has 100 valence electrons. The molecule has 0 unspecified atom stereocenters. The number of aliphatic hydroxyl groups excluding tert-OH is 1. The summed E-state index contributed by atoms with van der Waals surface area (Å²) in [4.78, 5) is 11.6. The first-order chi connectivity index (χ1) is 8.31. The molecule has 1 amide bonds. The number of nitrogens with two attached hydrogens (primary N) is 1. The van der Waals surface area contributed by atoms with Gasteiger partial charge < -0.3 is 20.9 Å². The van der Waals surface area contributed by atoms with Gasteiger partial charge in [0.25, 0.3) is 0 Å². The quantitative estimate of drug-likeness (QED) is 0.715. The van der Waals surface area contributed by atoms with Gasteiger partial charge in [0.2, 0.25) is 0 Å². The Morgan fingerprint density at radius 1 is 1.44 bits per heavy atom. The fraction of sp³-hybridized carbons (Fsp3) is 0.462. The maximum absolute atomic E-state index is 11.6. The van der Waals surface area contributed by atoms with Crippen LogP contribution < -0.4 is 15.8 Å². The Labute approximate surface area is 107 Å². The van der Waals surface area contributed by atoms with Gasteiger partial charge in [-0.1, -0.05) is 0 Å². The number of ether oxygens (including phenoxy) is 1. The van der Waals surface area contributed by atoms with Crippen LogP contribution >= 0.6 is 0 Å². The second-order valence-corrected chi connectivity index (χ2v) is 5.10. The van der Waals surface area contributed by atoms with Gasteiger partial charge in [0.05, 0.1) is 0 Å². The number of nitrogen functional groups attached to an aromatic ring is 1. The van der Waals surface area contributed by atoms with Crippen molar-refractivity contribution in [1.29, 1.82) is 0 Å². The van der Waals surface area contributed by atoms with Gasteiger partial charge in [-0.25, -0.2) is 4.79 Å². The largest absolute Gasteiger partial charge is 0.413 e. The third-order valence-corrected chi connectivity index (χ3v) is 2.18. The molecule has 4 N–H and O–H groups in total. The van der Waals surface area contributed by atoms with Gasteiger partial charge in [-0.15, -0.1) is 0 Å². The fourth-order valence-corrected chi connectivity index (χ4v) is 1.42. The molecule has 0 radical (unpaired) electrons. The van der Waals surface area contributed by atoms with Crippen molar-refractivity contribution in [2.24, 2.45) is 0 Å². The minimum atomic E-state index is -0.512. The van der Waals surface area contributed by atoms with E-state index in [4.69, 9.17) is 15.6 Å². The highest BCUT2D eigenvalue weighted by molar-refractivity contribution is 5.71. The third kappa shape index (κ3) is 4.63. The van der Waals surface area contributed by atoms with Crippen molar-refractivity contribution in [3.8, 4) is 5.75 Å². The Kier molecular flexibility index (Phi) is 4.55. The molecular formula is C13H20N2O3. The van der Waals surface area contributed by atoms with E-state index in [1.54, 1.807) is 18.2 Å². The summed E-state index contributed by atoms with van der Waals surface area (Å²) in [5.41, 5.74) is 6.73. The first-order valence-electron chi connectivity index (χ1n) is 5.81. The lowest BCUT2D eigenvalue weighted by molar-refractivity contribution is 0.190. The maximum Gasteiger partial charge on any atom is 0.413 e.